The Bertz CT molecular complexity index is 1160. The minimum atomic E-state index is -0.817. The highest BCUT2D eigenvalue weighted by Crippen LogP contribution is 2.30. The molecule has 3 rings (SSSR count). The lowest BCUT2D eigenvalue weighted by molar-refractivity contribution is -0.123. The minimum Gasteiger partial charge on any atom is -0.493 e. The van der Waals surface area contributed by atoms with Crippen molar-refractivity contribution in [2.45, 2.75) is 12.6 Å². The van der Waals surface area contributed by atoms with E-state index < -0.39 is 6.10 Å². The van der Waals surface area contributed by atoms with Gasteiger partial charge in [-0.15, -0.1) is 0 Å². The van der Waals surface area contributed by atoms with Gasteiger partial charge in [0.05, 0.1) is 35.0 Å². The van der Waals surface area contributed by atoms with Crippen LogP contribution in [0, 0.1) is 0 Å². The summed E-state index contributed by atoms with van der Waals surface area (Å²) in [5.74, 6) is 2.68. The normalized spacial score (nSPS) is 11.5. The SMILES string of the molecule is COCCN(Cc1ccc(OC)c(OC)c1)C[C@H](Oc1ccccc1)C(=O)Nc1ccc(OC)c(OC)c1. The van der Waals surface area contributed by atoms with E-state index in [2.05, 4.69) is 10.2 Å². The predicted molar refractivity (Wildman–Crippen MR) is 146 cm³/mol. The standard InChI is InChI=1S/C29H36N2O7/c1-33-16-15-31(19-21-11-13-24(34-2)26(17-21)36-4)20-28(38-23-9-7-6-8-10-23)29(32)30-22-12-14-25(35-3)27(18-22)37-5/h6-14,17-18,28H,15-16,19-20H2,1-5H3,(H,30,32)/t28-/m0/s1. The summed E-state index contributed by atoms with van der Waals surface area (Å²) in [5.41, 5.74) is 1.56. The molecule has 1 amide bonds. The third-order valence-corrected chi connectivity index (χ3v) is 5.85. The van der Waals surface area contributed by atoms with Gasteiger partial charge in [-0.1, -0.05) is 24.3 Å². The number of rotatable bonds is 15. The monoisotopic (exact) mass is 524 g/mol. The Kier molecular flexibility index (Phi) is 11.1. The second-order valence-corrected chi connectivity index (χ2v) is 8.40. The Morgan fingerprint density at radius 2 is 1.42 bits per heavy atom. The van der Waals surface area contributed by atoms with Crippen molar-refractivity contribution in [1.82, 2.24) is 4.90 Å². The Morgan fingerprint density at radius 3 is 2.05 bits per heavy atom. The molecule has 0 heterocycles. The summed E-state index contributed by atoms with van der Waals surface area (Å²) in [5, 5.41) is 2.95. The van der Waals surface area contributed by atoms with Gasteiger partial charge in [-0.3, -0.25) is 9.69 Å². The largest absolute Gasteiger partial charge is 0.493 e. The second kappa shape index (κ2) is 14.7. The van der Waals surface area contributed by atoms with E-state index >= 15 is 0 Å². The van der Waals surface area contributed by atoms with Crippen molar-refractivity contribution in [2.75, 3.05) is 60.6 Å². The van der Waals surface area contributed by atoms with Crippen molar-refractivity contribution in [3.63, 3.8) is 0 Å². The van der Waals surface area contributed by atoms with Gasteiger partial charge < -0.3 is 33.7 Å². The molecule has 0 saturated heterocycles. The average Bonchev–Trinajstić information content (AvgIpc) is 2.95. The molecule has 0 aliphatic heterocycles. The molecule has 0 saturated carbocycles. The second-order valence-electron chi connectivity index (χ2n) is 8.40. The molecule has 0 bridgehead atoms. The summed E-state index contributed by atoms with van der Waals surface area (Å²) in [6, 6.07) is 20.2. The van der Waals surface area contributed by atoms with Crippen LogP contribution < -0.4 is 29.0 Å². The lowest BCUT2D eigenvalue weighted by atomic mass is 10.1. The third kappa shape index (κ3) is 8.03. The van der Waals surface area contributed by atoms with E-state index in [0.29, 0.717) is 60.7 Å². The first-order chi connectivity index (χ1) is 18.5. The number of hydrogen-bond donors (Lipinski definition) is 1. The molecule has 38 heavy (non-hydrogen) atoms. The highest BCUT2D eigenvalue weighted by atomic mass is 16.5. The number of carbonyl (C=O) groups excluding carboxylic acids is 1. The molecule has 204 valence electrons. The van der Waals surface area contributed by atoms with Crippen LogP contribution in [0.2, 0.25) is 0 Å². The summed E-state index contributed by atoms with van der Waals surface area (Å²) < 4.78 is 33.0. The molecule has 3 aromatic carbocycles. The van der Waals surface area contributed by atoms with Crippen molar-refractivity contribution in [1.29, 1.82) is 0 Å². The Labute approximate surface area is 224 Å². The first kappa shape index (κ1) is 28.6. The van der Waals surface area contributed by atoms with Crippen LogP contribution >= 0.6 is 0 Å². The van der Waals surface area contributed by atoms with E-state index in [1.165, 1.54) is 0 Å². The first-order valence-corrected chi connectivity index (χ1v) is 12.2. The number of anilines is 1. The molecule has 0 spiro atoms. The number of methoxy groups -OCH3 is 5. The highest BCUT2D eigenvalue weighted by Gasteiger charge is 2.25. The van der Waals surface area contributed by atoms with Gasteiger partial charge in [0.15, 0.2) is 29.1 Å². The zero-order valence-electron chi connectivity index (χ0n) is 22.6. The molecule has 1 N–H and O–H groups in total. The average molecular weight is 525 g/mol. The zero-order valence-corrected chi connectivity index (χ0v) is 22.6. The van der Waals surface area contributed by atoms with Gasteiger partial charge in [-0.05, 0) is 42.0 Å². The van der Waals surface area contributed by atoms with Gasteiger partial charge in [-0.2, -0.15) is 0 Å². The van der Waals surface area contributed by atoms with Crippen molar-refractivity contribution in [2.24, 2.45) is 0 Å². The molecule has 3 aromatic rings. The van der Waals surface area contributed by atoms with Crippen molar-refractivity contribution >= 4 is 11.6 Å². The van der Waals surface area contributed by atoms with Crippen LogP contribution in [-0.2, 0) is 16.1 Å². The number of benzene rings is 3. The Balaban J connectivity index is 1.84. The number of carbonyl (C=O) groups is 1. The van der Waals surface area contributed by atoms with Crippen LogP contribution in [0.3, 0.4) is 0 Å². The first-order valence-electron chi connectivity index (χ1n) is 12.2. The van der Waals surface area contributed by atoms with E-state index in [9.17, 15) is 4.79 Å². The van der Waals surface area contributed by atoms with Gasteiger partial charge in [0.1, 0.15) is 5.75 Å². The fraction of sp³-hybridized carbons (Fsp3) is 0.345. The summed E-state index contributed by atoms with van der Waals surface area (Å²) in [6.07, 6.45) is -0.817. The van der Waals surface area contributed by atoms with Crippen LogP contribution in [-0.4, -0.2) is 72.2 Å². The van der Waals surface area contributed by atoms with Crippen molar-refractivity contribution in [3.8, 4) is 28.7 Å². The summed E-state index contributed by atoms with van der Waals surface area (Å²) in [7, 11) is 7.97. The molecular formula is C29H36N2O7. The maximum Gasteiger partial charge on any atom is 0.266 e. The fourth-order valence-corrected chi connectivity index (χ4v) is 3.90. The van der Waals surface area contributed by atoms with E-state index in [4.69, 9.17) is 28.4 Å². The van der Waals surface area contributed by atoms with Crippen LogP contribution in [0.25, 0.3) is 0 Å². The number of nitrogens with one attached hydrogen (secondary N) is 1. The molecular weight excluding hydrogens is 488 g/mol. The predicted octanol–water partition coefficient (Wildman–Crippen LogP) is 4.26. The summed E-state index contributed by atoms with van der Waals surface area (Å²) in [4.78, 5) is 15.6. The number of para-hydroxylation sites is 1. The maximum absolute atomic E-state index is 13.5. The molecule has 0 fully saturated rings. The van der Waals surface area contributed by atoms with Crippen LogP contribution in [0.1, 0.15) is 5.56 Å². The molecule has 0 unspecified atom stereocenters. The van der Waals surface area contributed by atoms with Crippen molar-refractivity contribution in [3.05, 3.63) is 72.3 Å². The van der Waals surface area contributed by atoms with Gasteiger partial charge >= 0.3 is 0 Å². The minimum absolute atomic E-state index is 0.296. The number of ether oxygens (including phenoxy) is 6. The van der Waals surface area contributed by atoms with Gasteiger partial charge in [0.2, 0.25) is 0 Å². The topological polar surface area (TPSA) is 87.7 Å². The quantitative estimate of drug-likeness (QED) is 0.316. The molecule has 1 atom stereocenters. The van der Waals surface area contributed by atoms with Crippen molar-refractivity contribution < 1.29 is 33.2 Å². The van der Waals surface area contributed by atoms with Gasteiger partial charge in [0.25, 0.3) is 5.91 Å². The smallest absolute Gasteiger partial charge is 0.266 e. The molecule has 0 radical (unpaired) electrons. The summed E-state index contributed by atoms with van der Waals surface area (Å²) in [6.45, 7) is 1.93. The Morgan fingerprint density at radius 1 is 0.789 bits per heavy atom. The van der Waals surface area contributed by atoms with E-state index in [1.54, 1.807) is 53.7 Å². The lowest BCUT2D eigenvalue weighted by Gasteiger charge is -2.28. The van der Waals surface area contributed by atoms with E-state index in [-0.39, 0.29) is 5.91 Å². The lowest BCUT2D eigenvalue weighted by Crippen LogP contribution is -2.44. The van der Waals surface area contributed by atoms with E-state index in [0.717, 1.165) is 5.56 Å². The Hall–Kier alpha value is -3.95. The number of nitrogens with zero attached hydrogens (tertiary/aromatic N) is 1. The fourth-order valence-electron chi connectivity index (χ4n) is 3.90. The highest BCUT2D eigenvalue weighted by molar-refractivity contribution is 5.95. The maximum atomic E-state index is 13.5. The van der Waals surface area contributed by atoms with Crippen LogP contribution in [0.5, 0.6) is 28.7 Å². The third-order valence-electron chi connectivity index (χ3n) is 5.85. The zero-order chi connectivity index (χ0) is 27.3. The number of amides is 1. The molecule has 0 aliphatic rings. The van der Waals surface area contributed by atoms with Crippen LogP contribution in [0.15, 0.2) is 66.7 Å². The molecule has 9 heteroatoms. The number of hydrogen-bond acceptors (Lipinski definition) is 8. The van der Waals surface area contributed by atoms with Gasteiger partial charge in [0, 0.05) is 38.5 Å². The van der Waals surface area contributed by atoms with Gasteiger partial charge in [-0.25, -0.2) is 0 Å². The summed E-state index contributed by atoms with van der Waals surface area (Å²) >= 11 is 0. The molecule has 0 aromatic heterocycles. The van der Waals surface area contributed by atoms with Crippen LogP contribution in [0.4, 0.5) is 5.69 Å². The van der Waals surface area contributed by atoms with E-state index in [1.807, 2.05) is 48.5 Å². The molecule has 9 nitrogen and oxygen atoms in total. The molecule has 0 aliphatic carbocycles.